The molecule has 0 saturated heterocycles. The molecule has 0 unspecified atom stereocenters. The lowest BCUT2D eigenvalue weighted by Gasteiger charge is -2.28. The second kappa shape index (κ2) is 10.6. The van der Waals surface area contributed by atoms with Crippen LogP contribution in [0.5, 0.6) is 0 Å². The van der Waals surface area contributed by atoms with E-state index in [1.807, 2.05) is 11.0 Å². The fourth-order valence-electron chi connectivity index (χ4n) is 4.40. The van der Waals surface area contributed by atoms with Crippen LogP contribution in [-0.2, 0) is 32.2 Å². The van der Waals surface area contributed by atoms with Gasteiger partial charge in [-0.1, -0.05) is 23.7 Å². The van der Waals surface area contributed by atoms with Crippen molar-refractivity contribution in [1.29, 1.82) is 0 Å². The van der Waals surface area contributed by atoms with Gasteiger partial charge in [-0.3, -0.25) is 4.79 Å². The number of aryl methyl sites for hydroxylation is 1. The molecule has 38 heavy (non-hydrogen) atoms. The molecule has 0 spiro atoms. The van der Waals surface area contributed by atoms with Crippen molar-refractivity contribution in [3.8, 4) is 0 Å². The average Bonchev–Trinajstić information content (AvgIpc) is 2.90. The van der Waals surface area contributed by atoms with Crippen molar-refractivity contribution in [2.75, 3.05) is 36.2 Å². The third kappa shape index (κ3) is 5.46. The number of benzene rings is 1. The van der Waals surface area contributed by atoms with Crippen molar-refractivity contribution in [3.63, 3.8) is 0 Å². The number of esters is 1. The van der Waals surface area contributed by atoms with E-state index in [2.05, 4.69) is 30.0 Å². The number of halogens is 2. The predicted molar refractivity (Wildman–Crippen MR) is 140 cm³/mol. The van der Waals surface area contributed by atoms with Crippen molar-refractivity contribution in [1.82, 2.24) is 19.9 Å². The number of hydrogen-bond acceptors (Lipinski definition) is 10. The Bertz CT molecular complexity index is 1530. The maximum Gasteiger partial charge on any atom is 0.310 e. The predicted octanol–water partition coefficient (Wildman–Crippen LogP) is 3.53. The number of aromatic nitrogens is 4. The Kier molecular flexibility index (Phi) is 7.26. The van der Waals surface area contributed by atoms with E-state index in [0.717, 1.165) is 5.57 Å². The molecule has 0 saturated carbocycles. The van der Waals surface area contributed by atoms with Gasteiger partial charge >= 0.3 is 5.97 Å². The lowest BCUT2D eigenvalue weighted by Crippen LogP contribution is -2.31. The first kappa shape index (κ1) is 26.0. The standard InChI is InChI=1S/C25H24ClFN6O4S/c1-37-21(34)11-16-4-5-18(12-19(16)27)30-24-22-20(3-2-10-38(22,35)36)31-25(32-24)33-8-6-15(7-9-33)23-28-13-17(26)14-29-23/h4-6,12-14H,2-3,7-11H2,1H3,(H,30,31,32). The Balaban J connectivity index is 1.46. The van der Waals surface area contributed by atoms with E-state index >= 15 is 0 Å². The van der Waals surface area contributed by atoms with Crippen molar-refractivity contribution < 1.29 is 22.3 Å². The largest absolute Gasteiger partial charge is 0.469 e. The molecule has 2 aliphatic rings. The minimum absolute atomic E-state index is 0.0132. The number of carbonyl (C=O) groups excluding carboxylic acids is 1. The zero-order chi connectivity index (χ0) is 26.9. The minimum atomic E-state index is -3.63. The monoisotopic (exact) mass is 558 g/mol. The zero-order valence-corrected chi connectivity index (χ0v) is 22.0. The SMILES string of the molecule is COC(=O)Cc1ccc(Nc2nc(N3CC=C(c4ncc(Cl)cn4)CC3)nc3c2S(=O)(=O)CCC3)cc1F. The third-order valence-corrected chi connectivity index (χ3v) is 8.41. The van der Waals surface area contributed by atoms with Gasteiger partial charge in [-0.05, 0) is 42.5 Å². The fraction of sp³-hybridized carbons (Fsp3) is 0.320. The van der Waals surface area contributed by atoms with Crippen LogP contribution in [0.1, 0.15) is 29.9 Å². The van der Waals surface area contributed by atoms with Crippen LogP contribution in [0.15, 0.2) is 41.6 Å². The van der Waals surface area contributed by atoms with Gasteiger partial charge in [-0.15, -0.1) is 0 Å². The Morgan fingerprint density at radius 3 is 2.68 bits per heavy atom. The molecule has 198 valence electrons. The summed E-state index contributed by atoms with van der Waals surface area (Å²) >= 11 is 5.89. The highest BCUT2D eigenvalue weighted by atomic mass is 35.5. The Labute approximate surface area is 223 Å². The van der Waals surface area contributed by atoms with Crippen LogP contribution in [0.4, 0.5) is 21.8 Å². The fourth-order valence-corrected chi connectivity index (χ4v) is 6.13. The molecule has 1 aromatic carbocycles. The van der Waals surface area contributed by atoms with Crippen LogP contribution in [0.25, 0.3) is 5.57 Å². The van der Waals surface area contributed by atoms with E-state index in [-0.39, 0.29) is 28.5 Å². The molecule has 0 fully saturated rings. The highest BCUT2D eigenvalue weighted by Crippen LogP contribution is 2.34. The van der Waals surface area contributed by atoms with Crippen LogP contribution in [0.3, 0.4) is 0 Å². The average molecular weight is 559 g/mol. The third-order valence-electron chi connectivity index (χ3n) is 6.34. The maximum atomic E-state index is 14.7. The van der Waals surface area contributed by atoms with Gasteiger partial charge in [-0.2, -0.15) is 4.98 Å². The molecule has 0 amide bonds. The number of carbonyl (C=O) groups is 1. The summed E-state index contributed by atoms with van der Waals surface area (Å²) in [6.07, 6.45) is 6.44. The normalized spacial score (nSPS) is 16.4. The van der Waals surface area contributed by atoms with Gasteiger partial charge in [-0.25, -0.2) is 27.8 Å². The summed E-state index contributed by atoms with van der Waals surface area (Å²) in [6, 6.07) is 4.21. The van der Waals surface area contributed by atoms with Gasteiger partial charge in [0, 0.05) is 31.2 Å². The second-order valence-corrected chi connectivity index (χ2v) is 11.4. The van der Waals surface area contributed by atoms with E-state index in [0.29, 0.717) is 60.5 Å². The summed E-state index contributed by atoms with van der Waals surface area (Å²) in [4.78, 5) is 31.2. The maximum absolute atomic E-state index is 14.7. The summed E-state index contributed by atoms with van der Waals surface area (Å²) in [5.74, 6) is -0.123. The van der Waals surface area contributed by atoms with Crippen LogP contribution in [0, 0.1) is 5.82 Å². The highest BCUT2D eigenvalue weighted by Gasteiger charge is 2.31. The molecule has 5 rings (SSSR count). The second-order valence-electron chi connectivity index (χ2n) is 8.90. The number of fused-ring (bicyclic) bond motifs is 1. The first-order chi connectivity index (χ1) is 18.2. The number of rotatable bonds is 6. The van der Waals surface area contributed by atoms with Crippen LogP contribution in [-0.4, -0.2) is 60.3 Å². The van der Waals surface area contributed by atoms with Gasteiger partial charge in [0.15, 0.2) is 21.5 Å². The number of anilines is 3. The van der Waals surface area contributed by atoms with Crippen molar-refractivity contribution in [2.24, 2.45) is 0 Å². The van der Waals surface area contributed by atoms with E-state index in [9.17, 15) is 17.6 Å². The van der Waals surface area contributed by atoms with Crippen molar-refractivity contribution in [3.05, 3.63) is 64.6 Å². The molecule has 13 heteroatoms. The molecule has 0 bridgehead atoms. The lowest BCUT2D eigenvalue weighted by molar-refractivity contribution is -0.139. The number of methoxy groups -OCH3 is 1. The van der Waals surface area contributed by atoms with E-state index < -0.39 is 21.6 Å². The van der Waals surface area contributed by atoms with E-state index in [1.165, 1.54) is 19.2 Å². The zero-order valence-electron chi connectivity index (χ0n) is 20.4. The molecule has 10 nitrogen and oxygen atoms in total. The number of nitrogens with one attached hydrogen (secondary N) is 1. The van der Waals surface area contributed by atoms with Gasteiger partial charge < -0.3 is 15.0 Å². The number of hydrogen-bond donors (Lipinski definition) is 1. The Morgan fingerprint density at radius 2 is 2.00 bits per heavy atom. The quantitative estimate of drug-likeness (QED) is 0.449. The first-order valence-electron chi connectivity index (χ1n) is 11.9. The summed E-state index contributed by atoms with van der Waals surface area (Å²) in [6.45, 7) is 1.04. The molecule has 0 radical (unpaired) electrons. The summed E-state index contributed by atoms with van der Waals surface area (Å²) in [7, 11) is -2.39. The van der Waals surface area contributed by atoms with E-state index in [4.69, 9.17) is 11.6 Å². The smallest absolute Gasteiger partial charge is 0.310 e. The Hall–Kier alpha value is -3.64. The molecule has 0 atom stereocenters. The van der Waals surface area contributed by atoms with Crippen LogP contribution < -0.4 is 10.2 Å². The number of ether oxygens (including phenoxy) is 1. The summed E-state index contributed by atoms with van der Waals surface area (Å²) in [5.41, 5.74) is 1.87. The van der Waals surface area contributed by atoms with Crippen molar-refractivity contribution in [2.45, 2.75) is 30.6 Å². The van der Waals surface area contributed by atoms with E-state index in [1.54, 1.807) is 18.5 Å². The van der Waals surface area contributed by atoms with Crippen LogP contribution in [0.2, 0.25) is 5.02 Å². The summed E-state index contributed by atoms with van der Waals surface area (Å²) < 4.78 is 45.2. The molecular formula is C25H24ClFN6O4S. The molecule has 0 aliphatic carbocycles. The van der Waals surface area contributed by atoms with Gasteiger partial charge in [0.05, 0.1) is 30.0 Å². The molecule has 2 aliphatic heterocycles. The van der Waals surface area contributed by atoms with Crippen LogP contribution >= 0.6 is 11.6 Å². The lowest BCUT2D eigenvalue weighted by atomic mass is 10.1. The summed E-state index contributed by atoms with van der Waals surface area (Å²) in [5, 5.41) is 3.44. The molecule has 1 N–H and O–H groups in total. The molecule has 4 heterocycles. The molecular weight excluding hydrogens is 535 g/mol. The number of nitrogens with zero attached hydrogens (tertiary/aromatic N) is 5. The van der Waals surface area contributed by atoms with Gasteiger partial charge in [0.25, 0.3) is 0 Å². The molecule has 3 aromatic rings. The topological polar surface area (TPSA) is 127 Å². The van der Waals surface area contributed by atoms with Gasteiger partial charge in [0.1, 0.15) is 10.7 Å². The Morgan fingerprint density at radius 1 is 1.21 bits per heavy atom. The number of sulfone groups is 1. The highest BCUT2D eigenvalue weighted by molar-refractivity contribution is 7.91. The van der Waals surface area contributed by atoms with Gasteiger partial charge in [0.2, 0.25) is 5.95 Å². The first-order valence-corrected chi connectivity index (χ1v) is 13.9. The van der Waals surface area contributed by atoms with Crippen molar-refractivity contribution >= 4 is 50.4 Å². The molecule has 2 aromatic heterocycles. The minimum Gasteiger partial charge on any atom is -0.469 e.